The van der Waals surface area contributed by atoms with Crippen LogP contribution in [0.1, 0.15) is 53.4 Å². The van der Waals surface area contributed by atoms with Gasteiger partial charge in [-0.1, -0.05) is 13.8 Å². The summed E-state index contributed by atoms with van der Waals surface area (Å²) in [6.07, 6.45) is 4.60. The molecule has 0 bridgehead atoms. The highest BCUT2D eigenvalue weighted by atomic mass is 16.5. The Hall–Kier alpha value is -0.810. The minimum atomic E-state index is 0.786. The van der Waals surface area contributed by atoms with Gasteiger partial charge in [0.2, 0.25) is 0 Å². The highest BCUT2D eigenvalue weighted by molar-refractivity contribution is 5.79. The maximum absolute atomic E-state index is 5.33. The molecule has 0 unspecified atom stereocenters. The molecular formula is C17H38N4O. The Morgan fingerprint density at radius 3 is 2.27 bits per heavy atom. The van der Waals surface area contributed by atoms with Crippen molar-refractivity contribution in [3.8, 4) is 0 Å². The van der Waals surface area contributed by atoms with E-state index in [4.69, 9.17) is 4.74 Å². The van der Waals surface area contributed by atoms with E-state index in [0.29, 0.717) is 0 Å². The van der Waals surface area contributed by atoms with E-state index in [2.05, 4.69) is 41.3 Å². The quantitative estimate of drug-likeness (QED) is 0.294. The lowest BCUT2D eigenvalue weighted by molar-refractivity contribution is 0.146. The Bertz CT molecular complexity index is 253. The van der Waals surface area contributed by atoms with E-state index in [1.54, 1.807) is 0 Å². The molecule has 0 rings (SSSR count). The van der Waals surface area contributed by atoms with Gasteiger partial charge in [0.15, 0.2) is 5.96 Å². The second-order valence-corrected chi connectivity index (χ2v) is 5.43. The van der Waals surface area contributed by atoms with Gasteiger partial charge in [-0.2, -0.15) is 0 Å². The molecule has 0 aliphatic heterocycles. The summed E-state index contributed by atoms with van der Waals surface area (Å²) in [5, 5.41) is 6.72. The molecule has 0 atom stereocenters. The van der Waals surface area contributed by atoms with Crippen LogP contribution in [0.3, 0.4) is 0 Å². The molecular weight excluding hydrogens is 276 g/mol. The topological polar surface area (TPSA) is 48.9 Å². The van der Waals surface area contributed by atoms with Gasteiger partial charge in [0.1, 0.15) is 0 Å². The predicted octanol–water partition coefficient (Wildman–Crippen LogP) is 2.48. The fraction of sp³-hybridized carbons (Fsp3) is 0.941. The number of ether oxygens (including phenoxy) is 1. The van der Waals surface area contributed by atoms with Gasteiger partial charge in [-0.15, -0.1) is 0 Å². The number of guanidine groups is 1. The Morgan fingerprint density at radius 2 is 1.68 bits per heavy atom. The maximum Gasteiger partial charge on any atom is 0.191 e. The third-order valence-electron chi connectivity index (χ3n) is 3.29. The Balaban J connectivity index is 3.89. The van der Waals surface area contributed by atoms with Crippen molar-refractivity contribution < 1.29 is 4.74 Å². The lowest BCUT2D eigenvalue weighted by Crippen LogP contribution is -2.39. The van der Waals surface area contributed by atoms with Crippen molar-refractivity contribution >= 4 is 5.96 Å². The van der Waals surface area contributed by atoms with E-state index in [9.17, 15) is 0 Å². The first kappa shape index (κ1) is 21.2. The summed E-state index contributed by atoms with van der Waals surface area (Å²) >= 11 is 0. The Labute approximate surface area is 137 Å². The molecule has 0 fully saturated rings. The molecule has 0 heterocycles. The SMILES string of the molecule is CCCN(CCC)CCCNC(=NCCCOCC)NCC. The van der Waals surface area contributed by atoms with E-state index < -0.39 is 0 Å². The molecule has 132 valence electrons. The molecule has 0 aromatic carbocycles. The smallest absolute Gasteiger partial charge is 0.191 e. The van der Waals surface area contributed by atoms with Crippen LogP contribution in [-0.4, -0.2) is 63.3 Å². The maximum atomic E-state index is 5.33. The molecule has 22 heavy (non-hydrogen) atoms. The standard InChI is InChI=1S/C17H38N4O/c1-5-13-21(14-6-2)15-9-11-19-17(18-7-3)20-12-10-16-22-8-4/h5-16H2,1-4H3,(H2,18,19,20). The summed E-state index contributed by atoms with van der Waals surface area (Å²) in [5.74, 6) is 0.927. The van der Waals surface area contributed by atoms with Crippen LogP contribution in [0.4, 0.5) is 0 Å². The van der Waals surface area contributed by atoms with Crippen molar-refractivity contribution in [3.05, 3.63) is 0 Å². The number of hydrogen-bond donors (Lipinski definition) is 2. The monoisotopic (exact) mass is 314 g/mol. The third kappa shape index (κ3) is 12.9. The van der Waals surface area contributed by atoms with Crippen LogP contribution in [0, 0.1) is 0 Å². The predicted molar refractivity (Wildman–Crippen MR) is 96.7 cm³/mol. The number of nitrogens with zero attached hydrogens (tertiary/aromatic N) is 2. The number of rotatable bonds is 14. The van der Waals surface area contributed by atoms with Gasteiger partial charge >= 0.3 is 0 Å². The van der Waals surface area contributed by atoms with Crippen molar-refractivity contribution in [2.45, 2.75) is 53.4 Å². The number of aliphatic imine (C=N–C) groups is 1. The number of hydrogen-bond acceptors (Lipinski definition) is 3. The zero-order valence-electron chi connectivity index (χ0n) is 15.3. The molecule has 5 nitrogen and oxygen atoms in total. The average Bonchev–Trinajstić information content (AvgIpc) is 2.51. The van der Waals surface area contributed by atoms with Crippen LogP contribution < -0.4 is 10.6 Å². The fourth-order valence-electron chi connectivity index (χ4n) is 2.32. The highest BCUT2D eigenvalue weighted by Crippen LogP contribution is 1.95. The lowest BCUT2D eigenvalue weighted by Gasteiger charge is -2.21. The van der Waals surface area contributed by atoms with Crippen LogP contribution in [0.2, 0.25) is 0 Å². The summed E-state index contributed by atoms with van der Waals surface area (Å²) in [6.45, 7) is 16.5. The minimum absolute atomic E-state index is 0.786. The molecule has 0 saturated heterocycles. The van der Waals surface area contributed by atoms with Gasteiger partial charge in [-0.25, -0.2) is 0 Å². The van der Waals surface area contributed by atoms with E-state index >= 15 is 0 Å². The molecule has 0 aromatic heterocycles. The molecule has 0 aromatic rings. The molecule has 2 N–H and O–H groups in total. The molecule has 0 spiro atoms. The molecule has 0 amide bonds. The van der Waals surface area contributed by atoms with Crippen molar-refractivity contribution in [2.75, 3.05) is 52.5 Å². The molecule has 0 aliphatic carbocycles. The normalized spacial score (nSPS) is 12.0. The second-order valence-electron chi connectivity index (χ2n) is 5.43. The van der Waals surface area contributed by atoms with Crippen LogP contribution in [0.5, 0.6) is 0 Å². The summed E-state index contributed by atoms with van der Waals surface area (Å²) in [7, 11) is 0. The zero-order valence-corrected chi connectivity index (χ0v) is 15.3. The van der Waals surface area contributed by atoms with Crippen molar-refractivity contribution in [3.63, 3.8) is 0 Å². The van der Waals surface area contributed by atoms with Gasteiger partial charge in [-0.05, 0) is 59.2 Å². The van der Waals surface area contributed by atoms with Crippen LogP contribution in [0.15, 0.2) is 4.99 Å². The summed E-state index contributed by atoms with van der Waals surface area (Å²) in [6, 6.07) is 0. The second kappa shape index (κ2) is 16.6. The summed E-state index contributed by atoms with van der Waals surface area (Å²) in [5.41, 5.74) is 0. The third-order valence-corrected chi connectivity index (χ3v) is 3.29. The van der Waals surface area contributed by atoms with E-state index in [1.807, 2.05) is 6.92 Å². The first-order valence-corrected chi connectivity index (χ1v) is 9.10. The Morgan fingerprint density at radius 1 is 0.955 bits per heavy atom. The Kier molecular flexibility index (Phi) is 15.9. The van der Waals surface area contributed by atoms with Gasteiger partial charge < -0.3 is 20.3 Å². The van der Waals surface area contributed by atoms with Crippen LogP contribution in [0.25, 0.3) is 0 Å². The fourth-order valence-corrected chi connectivity index (χ4v) is 2.32. The van der Waals surface area contributed by atoms with Crippen LogP contribution >= 0.6 is 0 Å². The summed E-state index contributed by atoms with van der Waals surface area (Å²) in [4.78, 5) is 7.12. The zero-order chi connectivity index (χ0) is 16.5. The van der Waals surface area contributed by atoms with Gasteiger partial charge in [-0.3, -0.25) is 4.99 Å². The van der Waals surface area contributed by atoms with E-state index in [-0.39, 0.29) is 0 Å². The molecule has 0 radical (unpaired) electrons. The van der Waals surface area contributed by atoms with Crippen molar-refractivity contribution in [1.29, 1.82) is 0 Å². The molecule has 0 saturated carbocycles. The van der Waals surface area contributed by atoms with Gasteiger partial charge in [0.05, 0.1) is 0 Å². The van der Waals surface area contributed by atoms with Gasteiger partial charge in [0.25, 0.3) is 0 Å². The lowest BCUT2D eigenvalue weighted by atomic mass is 10.3. The summed E-state index contributed by atoms with van der Waals surface area (Å²) < 4.78 is 5.33. The first-order valence-electron chi connectivity index (χ1n) is 9.10. The van der Waals surface area contributed by atoms with Crippen molar-refractivity contribution in [1.82, 2.24) is 15.5 Å². The van der Waals surface area contributed by atoms with E-state index in [1.165, 1.54) is 32.5 Å². The largest absolute Gasteiger partial charge is 0.382 e. The average molecular weight is 315 g/mol. The van der Waals surface area contributed by atoms with Crippen molar-refractivity contribution in [2.24, 2.45) is 4.99 Å². The van der Waals surface area contributed by atoms with Crippen LogP contribution in [-0.2, 0) is 4.74 Å². The molecule has 0 aliphatic rings. The number of nitrogens with one attached hydrogen (secondary N) is 2. The van der Waals surface area contributed by atoms with Gasteiger partial charge in [0, 0.05) is 32.8 Å². The first-order chi connectivity index (χ1) is 10.8. The molecule has 5 heteroatoms. The minimum Gasteiger partial charge on any atom is -0.382 e. The van der Waals surface area contributed by atoms with E-state index in [0.717, 1.165) is 51.6 Å². The highest BCUT2D eigenvalue weighted by Gasteiger charge is 2.02.